The summed E-state index contributed by atoms with van der Waals surface area (Å²) < 4.78 is 0. The van der Waals surface area contributed by atoms with Gasteiger partial charge < -0.3 is 5.11 Å². The zero-order chi connectivity index (χ0) is 11.8. The molecule has 3 aliphatic carbocycles. The summed E-state index contributed by atoms with van der Waals surface area (Å²) in [6.07, 6.45) is 6.40. The first kappa shape index (κ1) is 10.8. The molecule has 2 unspecified atom stereocenters. The Morgan fingerprint density at radius 1 is 1.25 bits per heavy atom. The molecule has 1 N–H and O–H groups in total. The topological polar surface area (TPSA) is 20.2 Å². The van der Waals surface area contributed by atoms with E-state index in [2.05, 4.69) is 33.8 Å². The Kier molecular flexibility index (Phi) is 1.86. The second-order valence-corrected chi connectivity index (χ2v) is 7.46. The smallest absolute Gasteiger partial charge is 0.0487 e. The molecule has 0 aliphatic heterocycles. The van der Waals surface area contributed by atoms with Crippen molar-refractivity contribution in [2.24, 2.45) is 28.1 Å². The van der Waals surface area contributed by atoms with Crippen molar-refractivity contribution in [2.75, 3.05) is 6.61 Å². The van der Waals surface area contributed by atoms with Gasteiger partial charge in [0.2, 0.25) is 0 Å². The predicted molar refractivity (Wildman–Crippen MR) is 66.0 cm³/mol. The summed E-state index contributed by atoms with van der Waals surface area (Å²) >= 11 is 0. The zero-order valence-electron chi connectivity index (χ0n) is 11.0. The summed E-state index contributed by atoms with van der Waals surface area (Å²) in [5.74, 6) is 1.60. The van der Waals surface area contributed by atoms with Gasteiger partial charge in [0.1, 0.15) is 0 Å². The average molecular weight is 220 g/mol. The zero-order valence-corrected chi connectivity index (χ0v) is 11.0. The lowest BCUT2D eigenvalue weighted by molar-refractivity contribution is 0.207. The van der Waals surface area contributed by atoms with Gasteiger partial charge in [-0.25, -0.2) is 0 Å². The first-order valence-corrected chi connectivity index (χ1v) is 6.65. The van der Waals surface area contributed by atoms with Crippen LogP contribution >= 0.6 is 0 Å². The maximum atomic E-state index is 9.33. The van der Waals surface area contributed by atoms with Crippen LogP contribution in [0.3, 0.4) is 0 Å². The van der Waals surface area contributed by atoms with Crippen LogP contribution in [0.15, 0.2) is 11.6 Å². The molecule has 3 aliphatic rings. The molecule has 16 heavy (non-hydrogen) atoms. The van der Waals surface area contributed by atoms with E-state index in [-0.39, 0.29) is 5.41 Å². The summed E-state index contributed by atoms with van der Waals surface area (Å²) in [6.45, 7) is 9.88. The van der Waals surface area contributed by atoms with Crippen LogP contribution in [0.1, 0.15) is 47.0 Å². The monoisotopic (exact) mass is 220 g/mol. The molecule has 0 radical (unpaired) electrons. The lowest BCUT2D eigenvalue weighted by Gasteiger charge is -2.32. The van der Waals surface area contributed by atoms with Crippen LogP contribution in [0.25, 0.3) is 0 Å². The van der Waals surface area contributed by atoms with Crippen molar-refractivity contribution in [1.29, 1.82) is 0 Å². The number of hydrogen-bond acceptors (Lipinski definition) is 1. The molecule has 0 aromatic carbocycles. The highest BCUT2D eigenvalue weighted by atomic mass is 16.3. The third-order valence-corrected chi connectivity index (χ3v) is 6.30. The first-order valence-electron chi connectivity index (χ1n) is 6.65. The molecule has 0 saturated heterocycles. The molecule has 0 aromatic rings. The highest BCUT2D eigenvalue weighted by Crippen LogP contribution is 2.72. The van der Waals surface area contributed by atoms with Gasteiger partial charge in [-0.15, -0.1) is 0 Å². The fourth-order valence-corrected chi connectivity index (χ4v) is 3.78. The molecule has 2 saturated carbocycles. The maximum Gasteiger partial charge on any atom is 0.0487 e. The maximum absolute atomic E-state index is 9.33. The summed E-state index contributed by atoms with van der Waals surface area (Å²) in [5.41, 5.74) is 2.88. The SMILES string of the molecule is CC1(C)C(C[C@@H]2C[C@@]2(C)CO)=CC2CC21C. The highest BCUT2D eigenvalue weighted by Gasteiger charge is 2.64. The van der Waals surface area contributed by atoms with E-state index in [1.54, 1.807) is 5.57 Å². The van der Waals surface area contributed by atoms with Crippen LogP contribution in [0.5, 0.6) is 0 Å². The highest BCUT2D eigenvalue weighted by molar-refractivity contribution is 5.36. The van der Waals surface area contributed by atoms with Gasteiger partial charge in [-0.3, -0.25) is 0 Å². The van der Waals surface area contributed by atoms with Crippen molar-refractivity contribution < 1.29 is 5.11 Å². The molecule has 1 nitrogen and oxygen atoms in total. The fraction of sp³-hybridized carbons (Fsp3) is 0.867. The molecular weight excluding hydrogens is 196 g/mol. The van der Waals surface area contributed by atoms with Gasteiger partial charge in [0, 0.05) is 6.61 Å². The number of aliphatic hydroxyl groups excluding tert-OH is 1. The van der Waals surface area contributed by atoms with Crippen molar-refractivity contribution >= 4 is 0 Å². The molecular formula is C15H24O. The second-order valence-electron chi connectivity index (χ2n) is 7.46. The Labute approximate surface area is 98.9 Å². The Morgan fingerprint density at radius 2 is 1.94 bits per heavy atom. The normalized spacial score (nSPS) is 52.2. The molecule has 1 heteroatoms. The predicted octanol–water partition coefficient (Wildman–Crippen LogP) is 3.39. The molecule has 2 fully saturated rings. The Balaban J connectivity index is 1.72. The van der Waals surface area contributed by atoms with E-state index in [1.807, 2.05) is 0 Å². The minimum Gasteiger partial charge on any atom is -0.396 e. The number of hydrogen-bond donors (Lipinski definition) is 1. The lowest BCUT2D eigenvalue weighted by Crippen LogP contribution is -2.24. The van der Waals surface area contributed by atoms with Crippen molar-refractivity contribution in [1.82, 2.24) is 0 Å². The second kappa shape index (κ2) is 2.75. The molecule has 0 spiro atoms. The standard InChI is InChI=1S/C15H24O/c1-13(2)10(6-12-8-15(12,13)4)5-11-7-14(11,3)9-16/h6,11-12,16H,5,7-9H2,1-4H3/t11-,12?,14+,15?/m1/s1. The van der Waals surface area contributed by atoms with E-state index in [4.69, 9.17) is 0 Å². The van der Waals surface area contributed by atoms with Crippen LogP contribution in [0.4, 0.5) is 0 Å². The molecule has 0 amide bonds. The van der Waals surface area contributed by atoms with E-state index < -0.39 is 0 Å². The van der Waals surface area contributed by atoms with Gasteiger partial charge in [-0.1, -0.05) is 39.3 Å². The van der Waals surface area contributed by atoms with E-state index in [1.165, 1.54) is 19.3 Å². The van der Waals surface area contributed by atoms with Crippen molar-refractivity contribution in [3.63, 3.8) is 0 Å². The van der Waals surface area contributed by atoms with Crippen LogP contribution in [-0.2, 0) is 0 Å². The van der Waals surface area contributed by atoms with Gasteiger partial charge in [0.25, 0.3) is 0 Å². The Morgan fingerprint density at radius 3 is 2.38 bits per heavy atom. The van der Waals surface area contributed by atoms with Gasteiger partial charge >= 0.3 is 0 Å². The molecule has 4 atom stereocenters. The van der Waals surface area contributed by atoms with Crippen molar-refractivity contribution in [2.45, 2.75) is 47.0 Å². The van der Waals surface area contributed by atoms with Gasteiger partial charge in [-0.2, -0.15) is 0 Å². The van der Waals surface area contributed by atoms with E-state index >= 15 is 0 Å². The molecule has 90 valence electrons. The minimum absolute atomic E-state index is 0.241. The first-order chi connectivity index (χ1) is 7.33. The third kappa shape index (κ3) is 1.16. The summed E-state index contributed by atoms with van der Waals surface area (Å²) in [5, 5.41) is 9.33. The van der Waals surface area contributed by atoms with Crippen LogP contribution in [0, 0.1) is 28.1 Å². The summed E-state index contributed by atoms with van der Waals surface area (Å²) in [7, 11) is 0. The van der Waals surface area contributed by atoms with Gasteiger partial charge in [0.15, 0.2) is 0 Å². The van der Waals surface area contributed by atoms with Crippen molar-refractivity contribution in [3.05, 3.63) is 11.6 Å². The lowest BCUT2D eigenvalue weighted by atomic mass is 9.72. The van der Waals surface area contributed by atoms with Gasteiger partial charge in [0.05, 0.1) is 0 Å². The quantitative estimate of drug-likeness (QED) is 0.723. The number of fused-ring (bicyclic) bond motifs is 1. The van der Waals surface area contributed by atoms with Crippen molar-refractivity contribution in [3.8, 4) is 0 Å². The number of rotatable bonds is 3. The summed E-state index contributed by atoms with van der Waals surface area (Å²) in [6, 6.07) is 0. The van der Waals surface area contributed by atoms with Gasteiger partial charge in [-0.05, 0) is 47.3 Å². The number of allylic oxidation sites excluding steroid dienone is 2. The van der Waals surface area contributed by atoms with Crippen LogP contribution in [0.2, 0.25) is 0 Å². The largest absolute Gasteiger partial charge is 0.396 e. The Bertz CT molecular complexity index is 368. The third-order valence-electron chi connectivity index (χ3n) is 6.30. The molecule has 0 bridgehead atoms. The molecule has 3 rings (SSSR count). The summed E-state index contributed by atoms with van der Waals surface area (Å²) in [4.78, 5) is 0. The molecule has 0 heterocycles. The van der Waals surface area contributed by atoms with E-state index in [0.29, 0.717) is 17.4 Å². The fourth-order valence-electron chi connectivity index (χ4n) is 3.78. The van der Waals surface area contributed by atoms with Crippen LogP contribution < -0.4 is 0 Å². The van der Waals surface area contributed by atoms with Crippen LogP contribution in [-0.4, -0.2) is 11.7 Å². The number of aliphatic hydroxyl groups is 1. The average Bonchev–Trinajstić information content (AvgIpc) is 3.03. The Hall–Kier alpha value is -0.300. The minimum atomic E-state index is 0.241. The molecule has 0 aromatic heterocycles. The van der Waals surface area contributed by atoms with E-state index in [9.17, 15) is 5.11 Å². The van der Waals surface area contributed by atoms with E-state index in [0.717, 1.165) is 11.8 Å².